The molecular weight excluding hydrogens is 322 g/mol. The van der Waals surface area contributed by atoms with Crippen LogP contribution in [0.15, 0.2) is 65.4 Å². The smallest absolute Gasteiger partial charge is 0.331 e. The van der Waals surface area contributed by atoms with E-state index < -0.39 is 5.97 Å². The van der Waals surface area contributed by atoms with Crippen LogP contribution >= 0.6 is 11.3 Å². The van der Waals surface area contributed by atoms with E-state index in [2.05, 4.69) is 5.32 Å². The van der Waals surface area contributed by atoms with E-state index in [1.54, 1.807) is 17.4 Å². The fourth-order valence-corrected chi connectivity index (χ4v) is 2.81. The molecule has 0 saturated carbocycles. The Kier molecular flexibility index (Phi) is 5.03. The number of amides is 1. The number of thiophene rings is 1. The largest absolute Gasteiger partial charge is 0.452 e. The zero-order valence-electron chi connectivity index (χ0n) is 12.8. The first-order chi connectivity index (χ1) is 11.7. The second kappa shape index (κ2) is 7.57. The Morgan fingerprint density at radius 1 is 1.08 bits per heavy atom. The molecule has 3 rings (SSSR count). The van der Waals surface area contributed by atoms with E-state index in [4.69, 9.17) is 4.74 Å². The molecule has 1 N–H and O–H groups in total. The minimum absolute atomic E-state index is 0.320. The molecule has 120 valence electrons. The van der Waals surface area contributed by atoms with Gasteiger partial charge in [-0.2, -0.15) is 11.3 Å². The molecule has 1 heterocycles. The summed E-state index contributed by atoms with van der Waals surface area (Å²) in [4.78, 5) is 23.5. The van der Waals surface area contributed by atoms with E-state index >= 15 is 0 Å². The highest BCUT2D eigenvalue weighted by molar-refractivity contribution is 7.08. The molecule has 4 nitrogen and oxygen atoms in total. The molecule has 0 radical (unpaired) electrons. The Bertz CT molecular complexity index is 885. The van der Waals surface area contributed by atoms with Gasteiger partial charge in [-0.05, 0) is 51.4 Å². The maximum atomic E-state index is 11.9. The zero-order chi connectivity index (χ0) is 16.8. The van der Waals surface area contributed by atoms with Crippen molar-refractivity contribution < 1.29 is 14.3 Å². The van der Waals surface area contributed by atoms with Gasteiger partial charge in [0.1, 0.15) is 0 Å². The summed E-state index contributed by atoms with van der Waals surface area (Å²) < 4.78 is 4.93. The summed E-state index contributed by atoms with van der Waals surface area (Å²) >= 11 is 1.54. The van der Waals surface area contributed by atoms with Crippen LogP contribution in [-0.2, 0) is 14.3 Å². The summed E-state index contributed by atoms with van der Waals surface area (Å²) in [6.07, 6.45) is 2.96. The number of rotatable bonds is 5. The molecule has 24 heavy (non-hydrogen) atoms. The van der Waals surface area contributed by atoms with Crippen molar-refractivity contribution in [2.45, 2.75) is 0 Å². The monoisotopic (exact) mass is 337 g/mol. The molecule has 1 amide bonds. The van der Waals surface area contributed by atoms with Gasteiger partial charge >= 0.3 is 5.97 Å². The molecule has 1 aromatic heterocycles. The fraction of sp³-hybridized carbons (Fsp3) is 0.0526. The predicted octanol–water partition coefficient (Wildman–Crippen LogP) is 4.10. The molecule has 0 spiro atoms. The number of anilines is 1. The number of benzene rings is 2. The van der Waals surface area contributed by atoms with Gasteiger partial charge in [0.2, 0.25) is 0 Å². The summed E-state index contributed by atoms with van der Waals surface area (Å²) in [5.74, 6) is -0.919. The Morgan fingerprint density at radius 3 is 2.71 bits per heavy atom. The van der Waals surface area contributed by atoms with Gasteiger partial charge in [-0.3, -0.25) is 4.79 Å². The number of hydrogen-bond acceptors (Lipinski definition) is 4. The fourth-order valence-electron chi connectivity index (χ4n) is 2.18. The molecule has 0 saturated heterocycles. The third kappa shape index (κ3) is 4.30. The van der Waals surface area contributed by atoms with Crippen molar-refractivity contribution in [1.29, 1.82) is 0 Å². The van der Waals surface area contributed by atoms with E-state index in [1.165, 1.54) is 6.08 Å². The lowest BCUT2D eigenvalue weighted by Gasteiger charge is -2.06. The van der Waals surface area contributed by atoms with Crippen LogP contribution in [0.5, 0.6) is 0 Å². The standard InChI is InChI=1S/C19H15NO3S/c21-18(12-23-19(22)8-5-14-9-10-24-13-14)20-17-7-6-15-3-1-2-4-16(15)11-17/h1-11,13H,12H2,(H,20,21)/b8-5+. The van der Waals surface area contributed by atoms with Gasteiger partial charge in [-0.1, -0.05) is 30.3 Å². The van der Waals surface area contributed by atoms with Crippen LogP contribution in [0.25, 0.3) is 16.8 Å². The first kappa shape index (κ1) is 16.0. The van der Waals surface area contributed by atoms with Gasteiger partial charge in [-0.25, -0.2) is 4.79 Å². The minimum atomic E-state index is -0.546. The van der Waals surface area contributed by atoms with Crippen LogP contribution in [-0.4, -0.2) is 18.5 Å². The molecule has 0 bridgehead atoms. The van der Waals surface area contributed by atoms with Crippen LogP contribution in [0, 0.1) is 0 Å². The number of esters is 1. The summed E-state index contributed by atoms with van der Waals surface area (Å²) in [5, 5.41) is 8.68. The maximum Gasteiger partial charge on any atom is 0.331 e. The molecule has 0 fully saturated rings. The van der Waals surface area contributed by atoms with E-state index in [0.29, 0.717) is 5.69 Å². The zero-order valence-corrected chi connectivity index (χ0v) is 13.6. The van der Waals surface area contributed by atoms with Crippen molar-refractivity contribution in [2.24, 2.45) is 0 Å². The second-order valence-corrected chi connectivity index (χ2v) is 5.89. The average molecular weight is 337 g/mol. The van der Waals surface area contributed by atoms with Gasteiger partial charge in [-0.15, -0.1) is 0 Å². The van der Waals surface area contributed by atoms with E-state index in [1.807, 2.05) is 59.3 Å². The SMILES string of the molecule is O=C(COC(=O)/C=C/c1ccsc1)Nc1ccc2ccccc2c1. The van der Waals surface area contributed by atoms with Gasteiger partial charge in [0, 0.05) is 11.8 Å². The van der Waals surface area contributed by atoms with Crippen LogP contribution < -0.4 is 5.32 Å². The second-order valence-electron chi connectivity index (χ2n) is 5.11. The predicted molar refractivity (Wildman–Crippen MR) is 96.9 cm³/mol. The summed E-state index contributed by atoms with van der Waals surface area (Å²) in [6, 6.07) is 15.4. The minimum Gasteiger partial charge on any atom is -0.452 e. The van der Waals surface area contributed by atoms with Gasteiger partial charge in [0.05, 0.1) is 0 Å². The van der Waals surface area contributed by atoms with Crippen molar-refractivity contribution in [1.82, 2.24) is 0 Å². The third-order valence-electron chi connectivity index (χ3n) is 3.33. The first-order valence-electron chi connectivity index (χ1n) is 7.36. The molecule has 0 aliphatic carbocycles. The molecule has 3 aromatic rings. The first-order valence-corrected chi connectivity index (χ1v) is 8.31. The van der Waals surface area contributed by atoms with E-state index in [0.717, 1.165) is 16.3 Å². The normalized spacial score (nSPS) is 10.8. The van der Waals surface area contributed by atoms with Gasteiger partial charge in [0.15, 0.2) is 6.61 Å². The number of nitrogens with one attached hydrogen (secondary N) is 1. The number of carbonyl (C=O) groups is 2. The van der Waals surface area contributed by atoms with E-state index in [9.17, 15) is 9.59 Å². The van der Waals surface area contributed by atoms with Gasteiger partial charge in [0.25, 0.3) is 5.91 Å². The van der Waals surface area contributed by atoms with Crippen molar-refractivity contribution in [3.05, 3.63) is 70.9 Å². The number of fused-ring (bicyclic) bond motifs is 1. The number of hydrogen-bond donors (Lipinski definition) is 1. The maximum absolute atomic E-state index is 11.9. The number of carbonyl (C=O) groups excluding carboxylic acids is 2. The van der Waals surface area contributed by atoms with Crippen LogP contribution in [0.4, 0.5) is 5.69 Å². The Hall–Kier alpha value is -2.92. The van der Waals surface area contributed by atoms with Crippen molar-refractivity contribution in [3.63, 3.8) is 0 Å². The quantitative estimate of drug-likeness (QED) is 0.563. The van der Waals surface area contributed by atoms with Gasteiger partial charge < -0.3 is 10.1 Å². The molecular formula is C19H15NO3S. The number of ether oxygens (including phenoxy) is 1. The molecule has 0 aliphatic heterocycles. The highest BCUT2D eigenvalue weighted by atomic mass is 32.1. The molecule has 0 atom stereocenters. The van der Waals surface area contributed by atoms with Crippen molar-refractivity contribution in [2.75, 3.05) is 11.9 Å². The van der Waals surface area contributed by atoms with Crippen LogP contribution in [0.1, 0.15) is 5.56 Å². The van der Waals surface area contributed by atoms with Crippen LogP contribution in [0.2, 0.25) is 0 Å². The highest BCUT2D eigenvalue weighted by Crippen LogP contribution is 2.18. The topological polar surface area (TPSA) is 55.4 Å². The molecule has 2 aromatic carbocycles. The van der Waals surface area contributed by atoms with Crippen LogP contribution in [0.3, 0.4) is 0 Å². The third-order valence-corrected chi connectivity index (χ3v) is 4.04. The Balaban J connectivity index is 1.52. The Morgan fingerprint density at radius 2 is 1.92 bits per heavy atom. The molecule has 0 aliphatic rings. The summed E-state index contributed by atoms with van der Waals surface area (Å²) in [6.45, 7) is -0.320. The van der Waals surface area contributed by atoms with Crippen molar-refractivity contribution >= 4 is 45.7 Å². The summed E-state index contributed by atoms with van der Waals surface area (Å²) in [5.41, 5.74) is 1.60. The highest BCUT2D eigenvalue weighted by Gasteiger charge is 2.06. The lowest BCUT2D eigenvalue weighted by Crippen LogP contribution is -2.20. The molecule has 0 unspecified atom stereocenters. The average Bonchev–Trinajstić information content (AvgIpc) is 3.11. The summed E-state index contributed by atoms with van der Waals surface area (Å²) in [7, 11) is 0. The van der Waals surface area contributed by atoms with E-state index in [-0.39, 0.29) is 12.5 Å². The lowest BCUT2D eigenvalue weighted by molar-refractivity contribution is -0.142. The lowest BCUT2D eigenvalue weighted by atomic mass is 10.1. The Labute approximate surface area is 143 Å². The van der Waals surface area contributed by atoms with Crippen molar-refractivity contribution in [3.8, 4) is 0 Å². The molecule has 5 heteroatoms.